The third kappa shape index (κ3) is 3.50. The molecular weight excluding hydrogens is 326 g/mol. The summed E-state index contributed by atoms with van der Waals surface area (Å²) in [7, 11) is 1.71. The molecule has 3 saturated heterocycles. The molecule has 5 nitrogen and oxygen atoms in total. The van der Waals surface area contributed by atoms with E-state index in [-0.39, 0.29) is 11.6 Å². The molecule has 1 spiro atoms. The van der Waals surface area contributed by atoms with Crippen LogP contribution in [0, 0.1) is 5.92 Å². The zero-order chi connectivity index (χ0) is 18.3. The monoisotopic (exact) mass is 359 g/mol. The van der Waals surface area contributed by atoms with Crippen molar-refractivity contribution in [2.45, 2.75) is 44.5 Å². The van der Waals surface area contributed by atoms with Gasteiger partial charge in [-0.3, -0.25) is 14.7 Å². The summed E-state index contributed by atoms with van der Waals surface area (Å²) in [5, 5.41) is 10.2. The standard InChI is InChI=1S/C21H33N3O2/c1-16(2)9-22-11-18-8-19(25)12-24(18)21(13-22)14-23(15-21)10-17-4-6-20(26-3)7-5-17/h4-7,16,18-19,25H,8-15H2,1-3H3/t18-,19-/m1/s1. The maximum absolute atomic E-state index is 10.2. The van der Waals surface area contributed by atoms with Gasteiger partial charge in [-0.15, -0.1) is 0 Å². The number of piperazine rings is 1. The average molecular weight is 360 g/mol. The molecule has 5 heteroatoms. The van der Waals surface area contributed by atoms with Gasteiger partial charge >= 0.3 is 0 Å². The molecule has 1 aromatic carbocycles. The van der Waals surface area contributed by atoms with Crippen LogP contribution in [0.2, 0.25) is 0 Å². The van der Waals surface area contributed by atoms with Gasteiger partial charge in [0.15, 0.2) is 0 Å². The van der Waals surface area contributed by atoms with Gasteiger partial charge in [-0.05, 0) is 30.0 Å². The zero-order valence-electron chi connectivity index (χ0n) is 16.4. The maximum atomic E-state index is 10.2. The van der Waals surface area contributed by atoms with E-state index < -0.39 is 0 Å². The number of likely N-dealkylation sites (tertiary alicyclic amines) is 1. The van der Waals surface area contributed by atoms with E-state index in [9.17, 15) is 5.11 Å². The maximum Gasteiger partial charge on any atom is 0.118 e. The molecule has 3 aliphatic heterocycles. The van der Waals surface area contributed by atoms with Gasteiger partial charge in [-0.25, -0.2) is 0 Å². The molecule has 0 saturated carbocycles. The third-order valence-electron chi connectivity index (χ3n) is 6.21. The number of rotatable bonds is 5. The molecule has 0 bridgehead atoms. The largest absolute Gasteiger partial charge is 0.497 e. The Bertz CT molecular complexity index is 612. The normalized spacial score (nSPS) is 29.1. The Hall–Kier alpha value is -1.14. The van der Waals surface area contributed by atoms with Gasteiger partial charge in [0.05, 0.1) is 18.8 Å². The van der Waals surface area contributed by atoms with Crippen molar-refractivity contribution in [1.29, 1.82) is 0 Å². The number of fused-ring (bicyclic) bond motifs is 2. The summed E-state index contributed by atoms with van der Waals surface area (Å²) in [6.07, 6.45) is 0.793. The topological polar surface area (TPSA) is 39.2 Å². The highest BCUT2D eigenvalue weighted by Gasteiger charge is 2.55. The summed E-state index contributed by atoms with van der Waals surface area (Å²) in [6, 6.07) is 8.95. The number of β-amino-alcohol motifs (C(OH)–C–C–N with tert-alkyl or cyclic N) is 1. The van der Waals surface area contributed by atoms with E-state index in [1.165, 1.54) is 12.1 Å². The molecule has 26 heavy (non-hydrogen) atoms. The fourth-order valence-corrected chi connectivity index (χ4v) is 5.34. The van der Waals surface area contributed by atoms with Gasteiger partial charge in [0, 0.05) is 51.9 Å². The first kappa shape index (κ1) is 18.2. The molecule has 3 aliphatic rings. The second-order valence-corrected chi connectivity index (χ2v) is 9.00. The van der Waals surface area contributed by atoms with Gasteiger partial charge in [-0.1, -0.05) is 26.0 Å². The lowest BCUT2D eigenvalue weighted by Gasteiger charge is -2.61. The first-order chi connectivity index (χ1) is 12.5. The first-order valence-electron chi connectivity index (χ1n) is 10.00. The Morgan fingerprint density at radius 1 is 1.12 bits per heavy atom. The Morgan fingerprint density at radius 3 is 2.46 bits per heavy atom. The Morgan fingerprint density at radius 2 is 1.81 bits per heavy atom. The van der Waals surface area contributed by atoms with E-state index in [0.717, 1.165) is 51.4 Å². The van der Waals surface area contributed by atoms with Crippen molar-refractivity contribution < 1.29 is 9.84 Å². The number of methoxy groups -OCH3 is 1. The van der Waals surface area contributed by atoms with Gasteiger partial charge in [0.2, 0.25) is 0 Å². The summed E-state index contributed by atoms with van der Waals surface area (Å²) in [4.78, 5) is 7.83. The van der Waals surface area contributed by atoms with Crippen LogP contribution in [0.5, 0.6) is 5.75 Å². The summed E-state index contributed by atoms with van der Waals surface area (Å²) in [5.41, 5.74) is 1.58. The quantitative estimate of drug-likeness (QED) is 0.866. The van der Waals surface area contributed by atoms with E-state index in [1.807, 2.05) is 12.1 Å². The molecule has 0 radical (unpaired) electrons. The van der Waals surface area contributed by atoms with Crippen molar-refractivity contribution in [3.05, 3.63) is 29.8 Å². The Balaban J connectivity index is 1.41. The van der Waals surface area contributed by atoms with Gasteiger partial charge in [0.1, 0.15) is 5.75 Å². The SMILES string of the molecule is COc1ccc(CN2CC3(CN(CC(C)C)C[C@H]4C[C@@H](O)CN43)C2)cc1. The first-order valence-corrected chi connectivity index (χ1v) is 10.00. The predicted molar refractivity (Wildman–Crippen MR) is 103 cm³/mol. The minimum Gasteiger partial charge on any atom is -0.497 e. The number of nitrogens with zero attached hydrogens (tertiary/aromatic N) is 3. The lowest BCUT2D eigenvalue weighted by Crippen LogP contribution is -2.77. The molecule has 144 valence electrons. The van der Waals surface area contributed by atoms with Crippen molar-refractivity contribution in [2.24, 2.45) is 5.92 Å². The van der Waals surface area contributed by atoms with Crippen molar-refractivity contribution in [3.8, 4) is 5.75 Å². The van der Waals surface area contributed by atoms with Crippen molar-refractivity contribution in [1.82, 2.24) is 14.7 Å². The number of aliphatic hydroxyl groups excluding tert-OH is 1. The van der Waals surface area contributed by atoms with Crippen LogP contribution in [0.1, 0.15) is 25.8 Å². The fourth-order valence-electron chi connectivity index (χ4n) is 5.34. The van der Waals surface area contributed by atoms with Gasteiger partial charge in [-0.2, -0.15) is 0 Å². The summed E-state index contributed by atoms with van der Waals surface area (Å²) >= 11 is 0. The number of ether oxygens (including phenoxy) is 1. The predicted octanol–water partition coefficient (Wildman–Crippen LogP) is 1.66. The highest BCUT2D eigenvalue weighted by Crippen LogP contribution is 2.39. The molecule has 3 fully saturated rings. The van der Waals surface area contributed by atoms with Crippen LogP contribution in [-0.2, 0) is 6.54 Å². The van der Waals surface area contributed by atoms with Crippen LogP contribution < -0.4 is 4.74 Å². The molecular formula is C21H33N3O2. The number of hydrogen-bond acceptors (Lipinski definition) is 5. The van der Waals surface area contributed by atoms with Crippen LogP contribution in [0.25, 0.3) is 0 Å². The average Bonchev–Trinajstić information content (AvgIpc) is 2.94. The molecule has 4 rings (SSSR count). The van der Waals surface area contributed by atoms with Gasteiger partial charge in [0.25, 0.3) is 0 Å². The molecule has 0 aromatic heterocycles. The van der Waals surface area contributed by atoms with Gasteiger partial charge < -0.3 is 9.84 Å². The highest BCUT2D eigenvalue weighted by molar-refractivity contribution is 5.27. The minimum absolute atomic E-state index is 0.147. The van der Waals surface area contributed by atoms with E-state index in [0.29, 0.717) is 12.0 Å². The number of benzene rings is 1. The molecule has 0 unspecified atom stereocenters. The van der Waals surface area contributed by atoms with Crippen molar-refractivity contribution >= 4 is 0 Å². The molecule has 3 heterocycles. The van der Waals surface area contributed by atoms with E-state index >= 15 is 0 Å². The van der Waals surface area contributed by atoms with Crippen LogP contribution in [0.15, 0.2) is 24.3 Å². The Labute approximate surface area is 157 Å². The van der Waals surface area contributed by atoms with E-state index in [1.54, 1.807) is 7.11 Å². The fraction of sp³-hybridized carbons (Fsp3) is 0.714. The second-order valence-electron chi connectivity index (χ2n) is 9.00. The number of aliphatic hydroxyl groups is 1. The van der Waals surface area contributed by atoms with Crippen molar-refractivity contribution in [3.63, 3.8) is 0 Å². The van der Waals surface area contributed by atoms with E-state index in [2.05, 4.69) is 40.7 Å². The molecule has 0 amide bonds. The number of hydrogen-bond donors (Lipinski definition) is 1. The molecule has 2 atom stereocenters. The van der Waals surface area contributed by atoms with Crippen LogP contribution in [0.3, 0.4) is 0 Å². The van der Waals surface area contributed by atoms with Crippen LogP contribution in [0.4, 0.5) is 0 Å². The summed E-state index contributed by atoms with van der Waals surface area (Å²) in [6.45, 7) is 12.1. The lowest BCUT2D eigenvalue weighted by molar-refractivity contribution is -0.117. The summed E-state index contributed by atoms with van der Waals surface area (Å²) in [5.74, 6) is 1.61. The Kier molecular flexibility index (Phi) is 4.99. The molecule has 0 aliphatic carbocycles. The smallest absolute Gasteiger partial charge is 0.118 e. The minimum atomic E-state index is -0.147. The van der Waals surface area contributed by atoms with E-state index in [4.69, 9.17) is 4.74 Å². The lowest BCUT2D eigenvalue weighted by atomic mass is 9.83. The van der Waals surface area contributed by atoms with Crippen LogP contribution in [-0.4, -0.2) is 83.9 Å². The third-order valence-corrected chi connectivity index (χ3v) is 6.21. The highest BCUT2D eigenvalue weighted by atomic mass is 16.5. The molecule has 1 aromatic rings. The van der Waals surface area contributed by atoms with Crippen molar-refractivity contribution in [2.75, 3.05) is 46.4 Å². The summed E-state index contributed by atoms with van der Waals surface area (Å²) < 4.78 is 5.26. The zero-order valence-corrected chi connectivity index (χ0v) is 16.4. The molecule has 1 N–H and O–H groups in total. The second kappa shape index (κ2) is 7.12. The van der Waals surface area contributed by atoms with Crippen LogP contribution >= 0.6 is 0 Å².